The van der Waals surface area contributed by atoms with Gasteiger partial charge in [-0.2, -0.15) is 0 Å². The molecule has 1 heterocycles. The van der Waals surface area contributed by atoms with Gasteiger partial charge in [-0.15, -0.1) is 0 Å². The van der Waals surface area contributed by atoms with Gasteiger partial charge in [0, 0.05) is 5.54 Å². The SMILES string of the molecule is CCNC(c1ccccc1)C(C)(CC)N1CCCC1. The second kappa shape index (κ2) is 6.53. The molecule has 0 aliphatic carbocycles. The lowest BCUT2D eigenvalue weighted by Gasteiger charge is -2.45. The molecule has 2 heteroatoms. The maximum absolute atomic E-state index is 3.73. The monoisotopic (exact) mass is 260 g/mol. The van der Waals surface area contributed by atoms with E-state index in [4.69, 9.17) is 0 Å². The van der Waals surface area contributed by atoms with Gasteiger partial charge in [0.25, 0.3) is 0 Å². The molecule has 1 aliphatic rings. The van der Waals surface area contributed by atoms with Crippen molar-refractivity contribution in [3.63, 3.8) is 0 Å². The number of likely N-dealkylation sites (tertiary alicyclic amines) is 1. The van der Waals surface area contributed by atoms with Crippen LogP contribution in [0.4, 0.5) is 0 Å². The largest absolute Gasteiger partial charge is 0.309 e. The predicted octanol–water partition coefficient (Wildman–Crippen LogP) is 3.60. The first-order valence-corrected chi connectivity index (χ1v) is 7.75. The summed E-state index contributed by atoms with van der Waals surface area (Å²) < 4.78 is 0. The van der Waals surface area contributed by atoms with Crippen LogP contribution in [0.1, 0.15) is 51.6 Å². The van der Waals surface area contributed by atoms with Crippen LogP contribution in [-0.2, 0) is 0 Å². The molecular formula is C17H28N2. The van der Waals surface area contributed by atoms with Gasteiger partial charge in [0.1, 0.15) is 0 Å². The summed E-state index contributed by atoms with van der Waals surface area (Å²) in [6, 6.07) is 11.3. The van der Waals surface area contributed by atoms with E-state index in [1.165, 1.54) is 37.9 Å². The number of rotatable bonds is 6. The standard InChI is InChI=1S/C17H28N2/c1-4-17(3,19-13-9-10-14-19)16(18-5-2)15-11-7-6-8-12-15/h6-8,11-12,16,18H,4-5,9-10,13-14H2,1-3H3. The molecule has 0 spiro atoms. The molecule has 1 aromatic rings. The molecule has 0 saturated carbocycles. The zero-order valence-corrected chi connectivity index (χ0v) is 12.7. The van der Waals surface area contributed by atoms with Crippen LogP contribution in [0.25, 0.3) is 0 Å². The van der Waals surface area contributed by atoms with Gasteiger partial charge in [-0.25, -0.2) is 0 Å². The van der Waals surface area contributed by atoms with Gasteiger partial charge in [0.05, 0.1) is 6.04 Å². The highest BCUT2D eigenvalue weighted by Gasteiger charge is 2.39. The summed E-state index contributed by atoms with van der Waals surface area (Å²) >= 11 is 0. The van der Waals surface area contributed by atoms with Gasteiger partial charge in [0.15, 0.2) is 0 Å². The lowest BCUT2D eigenvalue weighted by molar-refractivity contribution is 0.0846. The molecule has 1 N–H and O–H groups in total. The highest BCUT2D eigenvalue weighted by molar-refractivity contribution is 5.23. The molecular weight excluding hydrogens is 232 g/mol. The Morgan fingerprint density at radius 3 is 2.32 bits per heavy atom. The molecule has 2 nitrogen and oxygen atoms in total. The first-order valence-electron chi connectivity index (χ1n) is 7.75. The molecule has 0 aromatic heterocycles. The van der Waals surface area contributed by atoms with E-state index < -0.39 is 0 Å². The Hall–Kier alpha value is -0.860. The van der Waals surface area contributed by atoms with Crippen molar-refractivity contribution in [1.29, 1.82) is 0 Å². The van der Waals surface area contributed by atoms with Gasteiger partial charge in [-0.1, -0.05) is 44.2 Å². The molecule has 0 radical (unpaired) electrons. The van der Waals surface area contributed by atoms with Gasteiger partial charge in [0.2, 0.25) is 0 Å². The van der Waals surface area contributed by atoms with Crippen LogP contribution in [-0.4, -0.2) is 30.1 Å². The van der Waals surface area contributed by atoms with E-state index in [2.05, 4.69) is 61.3 Å². The topological polar surface area (TPSA) is 15.3 Å². The summed E-state index contributed by atoms with van der Waals surface area (Å²) in [7, 11) is 0. The van der Waals surface area contributed by atoms with Crippen molar-refractivity contribution in [2.24, 2.45) is 0 Å². The quantitative estimate of drug-likeness (QED) is 0.840. The molecule has 106 valence electrons. The summed E-state index contributed by atoms with van der Waals surface area (Å²) in [5.74, 6) is 0. The molecule has 2 unspecified atom stereocenters. The minimum atomic E-state index is 0.216. The second-order valence-electron chi connectivity index (χ2n) is 5.81. The molecule has 2 atom stereocenters. The molecule has 19 heavy (non-hydrogen) atoms. The lowest BCUT2D eigenvalue weighted by atomic mass is 9.83. The Morgan fingerprint density at radius 1 is 1.16 bits per heavy atom. The number of likely N-dealkylation sites (N-methyl/N-ethyl adjacent to an activating group) is 1. The van der Waals surface area contributed by atoms with Crippen LogP contribution < -0.4 is 5.32 Å². The Labute approximate surface area is 118 Å². The summed E-state index contributed by atoms with van der Waals surface area (Å²) in [5.41, 5.74) is 1.63. The van der Waals surface area contributed by atoms with E-state index in [0.29, 0.717) is 6.04 Å². The van der Waals surface area contributed by atoms with Crippen molar-refractivity contribution in [1.82, 2.24) is 10.2 Å². The van der Waals surface area contributed by atoms with Gasteiger partial charge in [-0.05, 0) is 51.4 Å². The smallest absolute Gasteiger partial charge is 0.0504 e. The summed E-state index contributed by atoms with van der Waals surface area (Å²) in [5, 5.41) is 3.73. The molecule has 1 fully saturated rings. The van der Waals surface area contributed by atoms with Crippen LogP contribution in [0.15, 0.2) is 30.3 Å². The Kier molecular flexibility index (Phi) is 5.00. The van der Waals surface area contributed by atoms with E-state index in [0.717, 1.165) is 6.54 Å². The summed E-state index contributed by atoms with van der Waals surface area (Å²) in [6.45, 7) is 10.5. The summed E-state index contributed by atoms with van der Waals surface area (Å²) in [6.07, 6.45) is 3.88. The highest BCUT2D eigenvalue weighted by Crippen LogP contribution is 2.36. The third kappa shape index (κ3) is 3.01. The van der Waals surface area contributed by atoms with E-state index in [9.17, 15) is 0 Å². The summed E-state index contributed by atoms with van der Waals surface area (Å²) in [4.78, 5) is 2.69. The van der Waals surface area contributed by atoms with E-state index >= 15 is 0 Å². The molecule has 2 rings (SSSR count). The Balaban J connectivity index is 2.29. The fourth-order valence-electron chi connectivity index (χ4n) is 3.38. The van der Waals surface area contributed by atoms with Gasteiger partial charge < -0.3 is 5.32 Å². The third-order valence-corrected chi connectivity index (χ3v) is 4.71. The maximum Gasteiger partial charge on any atom is 0.0504 e. The van der Waals surface area contributed by atoms with Crippen molar-refractivity contribution in [3.05, 3.63) is 35.9 Å². The van der Waals surface area contributed by atoms with Gasteiger partial charge in [-0.3, -0.25) is 4.90 Å². The van der Waals surface area contributed by atoms with Gasteiger partial charge >= 0.3 is 0 Å². The maximum atomic E-state index is 3.73. The number of hydrogen-bond acceptors (Lipinski definition) is 2. The van der Waals surface area contributed by atoms with E-state index in [1.807, 2.05) is 0 Å². The fraction of sp³-hybridized carbons (Fsp3) is 0.647. The number of nitrogens with zero attached hydrogens (tertiary/aromatic N) is 1. The molecule has 1 saturated heterocycles. The van der Waals surface area contributed by atoms with Crippen molar-refractivity contribution < 1.29 is 0 Å². The average molecular weight is 260 g/mol. The molecule has 0 amide bonds. The highest BCUT2D eigenvalue weighted by atomic mass is 15.2. The normalized spacial score (nSPS) is 21.2. The van der Waals surface area contributed by atoms with Crippen LogP contribution >= 0.6 is 0 Å². The van der Waals surface area contributed by atoms with E-state index in [-0.39, 0.29) is 5.54 Å². The first-order chi connectivity index (χ1) is 9.22. The number of benzene rings is 1. The molecule has 0 bridgehead atoms. The first kappa shape index (κ1) is 14.5. The number of nitrogens with one attached hydrogen (secondary N) is 1. The Bertz CT molecular complexity index is 370. The van der Waals surface area contributed by atoms with Crippen LogP contribution in [0.2, 0.25) is 0 Å². The second-order valence-corrected chi connectivity index (χ2v) is 5.81. The fourth-order valence-corrected chi connectivity index (χ4v) is 3.38. The van der Waals surface area contributed by atoms with E-state index in [1.54, 1.807) is 0 Å². The van der Waals surface area contributed by atoms with Crippen molar-refractivity contribution in [2.75, 3.05) is 19.6 Å². The van der Waals surface area contributed by atoms with Crippen LogP contribution in [0.3, 0.4) is 0 Å². The predicted molar refractivity (Wildman–Crippen MR) is 82.4 cm³/mol. The van der Waals surface area contributed by atoms with Crippen molar-refractivity contribution >= 4 is 0 Å². The Morgan fingerprint density at radius 2 is 1.79 bits per heavy atom. The van der Waals surface area contributed by atoms with Crippen molar-refractivity contribution in [2.45, 2.75) is 51.6 Å². The third-order valence-electron chi connectivity index (χ3n) is 4.71. The number of hydrogen-bond donors (Lipinski definition) is 1. The zero-order valence-electron chi connectivity index (χ0n) is 12.7. The zero-order chi connectivity index (χ0) is 13.7. The van der Waals surface area contributed by atoms with Crippen LogP contribution in [0.5, 0.6) is 0 Å². The lowest BCUT2D eigenvalue weighted by Crippen LogP contribution is -2.53. The van der Waals surface area contributed by atoms with Crippen molar-refractivity contribution in [3.8, 4) is 0 Å². The molecule has 1 aromatic carbocycles. The molecule has 1 aliphatic heterocycles. The minimum Gasteiger partial charge on any atom is -0.309 e. The average Bonchev–Trinajstić information content (AvgIpc) is 2.99. The minimum absolute atomic E-state index is 0.216. The van der Waals surface area contributed by atoms with Crippen LogP contribution in [0, 0.1) is 0 Å².